The first-order valence-corrected chi connectivity index (χ1v) is 7.79. The lowest BCUT2D eigenvalue weighted by atomic mass is 10.1. The van der Waals surface area contributed by atoms with Crippen LogP contribution in [0.1, 0.15) is 22.8 Å². The number of hydrogen-bond acceptors (Lipinski definition) is 4. The Balaban J connectivity index is 1.70. The van der Waals surface area contributed by atoms with Gasteiger partial charge in [0.05, 0.1) is 5.56 Å². The zero-order valence-corrected chi connectivity index (χ0v) is 13.4. The van der Waals surface area contributed by atoms with E-state index in [1.807, 2.05) is 54.6 Å². The van der Waals surface area contributed by atoms with Gasteiger partial charge in [0.1, 0.15) is 0 Å². The molecule has 3 aromatic rings. The van der Waals surface area contributed by atoms with Gasteiger partial charge in [0.15, 0.2) is 0 Å². The standard InChI is InChI=1S/C19H18N4O/c1-2-14-8-6-7-11-17(14)23-18(24)15-12-20-19(21-13-15)22-16-9-4-3-5-10-16/h3-13H,2H2,1H3,(H,23,24)(H,20,21,22). The molecule has 1 heterocycles. The van der Waals surface area contributed by atoms with Crippen molar-refractivity contribution in [1.29, 1.82) is 0 Å². The number of aryl methyl sites for hydroxylation is 1. The minimum absolute atomic E-state index is 0.220. The SMILES string of the molecule is CCc1ccccc1NC(=O)c1cnc(Nc2ccccc2)nc1. The molecule has 120 valence electrons. The van der Waals surface area contributed by atoms with Crippen LogP contribution in [0.15, 0.2) is 67.0 Å². The van der Waals surface area contributed by atoms with Crippen LogP contribution < -0.4 is 10.6 Å². The van der Waals surface area contributed by atoms with Gasteiger partial charge in [-0.3, -0.25) is 4.79 Å². The zero-order chi connectivity index (χ0) is 16.8. The minimum atomic E-state index is -0.220. The largest absolute Gasteiger partial charge is 0.324 e. The number of hydrogen-bond donors (Lipinski definition) is 2. The summed E-state index contributed by atoms with van der Waals surface area (Å²) in [7, 11) is 0. The second-order valence-electron chi connectivity index (χ2n) is 5.25. The van der Waals surface area contributed by atoms with Gasteiger partial charge in [0.2, 0.25) is 5.95 Å². The lowest BCUT2D eigenvalue weighted by Crippen LogP contribution is -2.14. The van der Waals surface area contributed by atoms with Crippen molar-refractivity contribution in [3.05, 3.63) is 78.1 Å². The number of para-hydroxylation sites is 2. The fourth-order valence-electron chi connectivity index (χ4n) is 2.31. The molecule has 24 heavy (non-hydrogen) atoms. The van der Waals surface area contributed by atoms with Crippen LogP contribution in [-0.2, 0) is 6.42 Å². The molecule has 0 aliphatic rings. The van der Waals surface area contributed by atoms with Gasteiger partial charge >= 0.3 is 0 Å². The Morgan fingerprint density at radius 2 is 1.62 bits per heavy atom. The highest BCUT2D eigenvalue weighted by molar-refractivity contribution is 6.04. The first-order valence-electron chi connectivity index (χ1n) is 7.79. The molecule has 0 fully saturated rings. The molecular formula is C19H18N4O. The maximum Gasteiger partial charge on any atom is 0.258 e. The average molecular weight is 318 g/mol. The monoisotopic (exact) mass is 318 g/mol. The molecule has 0 atom stereocenters. The van der Waals surface area contributed by atoms with Crippen LogP contribution in [0.3, 0.4) is 0 Å². The molecule has 0 aliphatic heterocycles. The molecule has 0 saturated heterocycles. The summed E-state index contributed by atoms with van der Waals surface area (Å²) in [5, 5.41) is 5.99. The van der Waals surface area contributed by atoms with Gasteiger partial charge in [0, 0.05) is 23.8 Å². The molecule has 3 rings (SSSR count). The number of nitrogens with one attached hydrogen (secondary N) is 2. The lowest BCUT2D eigenvalue weighted by Gasteiger charge is -2.09. The Hall–Kier alpha value is -3.21. The Kier molecular flexibility index (Phi) is 4.81. The molecule has 0 spiro atoms. The summed E-state index contributed by atoms with van der Waals surface area (Å²) < 4.78 is 0. The van der Waals surface area contributed by atoms with Crippen molar-refractivity contribution in [1.82, 2.24) is 9.97 Å². The maximum atomic E-state index is 12.3. The molecule has 0 saturated carbocycles. The number of carbonyl (C=O) groups is 1. The smallest absolute Gasteiger partial charge is 0.258 e. The summed E-state index contributed by atoms with van der Waals surface area (Å²) in [5.74, 6) is 0.230. The van der Waals surface area contributed by atoms with E-state index in [2.05, 4.69) is 27.5 Å². The van der Waals surface area contributed by atoms with Crippen molar-refractivity contribution < 1.29 is 4.79 Å². The van der Waals surface area contributed by atoms with E-state index >= 15 is 0 Å². The average Bonchev–Trinajstić information content (AvgIpc) is 2.63. The highest BCUT2D eigenvalue weighted by Crippen LogP contribution is 2.17. The number of amides is 1. The molecule has 2 N–H and O–H groups in total. The quantitative estimate of drug-likeness (QED) is 0.745. The third-order valence-electron chi connectivity index (χ3n) is 3.59. The highest BCUT2D eigenvalue weighted by atomic mass is 16.1. The van der Waals surface area contributed by atoms with E-state index in [0.717, 1.165) is 23.4 Å². The van der Waals surface area contributed by atoms with Gasteiger partial charge in [0.25, 0.3) is 5.91 Å². The number of anilines is 3. The first kappa shape index (κ1) is 15.7. The maximum absolute atomic E-state index is 12.3. The van der Waals surface area contributed by atoms with Crippen molar-refractivity contribution >= 4 is 23.2 Å². The summed E-state index contributed by atoms with van der Waals surface area (Å²) in [5.41, 5.74) is 3.22. The van der Waals surface area contributed by atoms with Crippen LogP contribution in [-0.4, -0.2) is 15.9 Å². The number of benzene rings is 2. The minimum Gasteiger partial charge on any atom is -0.324 e. The van der Waals surface area contributed by atoms with E-state index in [4.69, 9.17) is 0 Å². The Morgan fingerprint density at radius 3 is 2.33 bits per heavy atom. The third-order valence-corrected chi connectivity index (χ3v) is 3.59. The third kappa shape index (κ3) is 3.76. The molecule has 5 nitrogen and oxygen atoms in total. The van der Waals surface area contributed by atoms with Crippen LogP contribution in [0.4, 0.5) is 17.3 Å². The fourth-order valence-corrected chi connectivity index (χ4v) is 2.31. The van der Waals surface area contributed by atoms with E-state index in [9.17, 15) is 4.79 Å². The lowest BCUT2D eigenvalue weighted by molar-refractivity contribution is 0.102. The van der Waals surface area contributed by atoms with Gasteiger partial charge in [-0.15, -0.1) is 0 Å². The second-order valence-corrected chi connectivity index (χ2v) is 5.25. The van der Waals surface area contributed by atoms with Crippen LogP contribution >= 0.6 is 0 Å². The number of aromatic nitrogens is 2. The second kappa shape index (κ2) is 7.37. The molecule has 0 bridgehead atoms. The van der Waals surface area contributed by atoms with E-state index in [0.29, 0.717) is 11.5 Å². The van der Waals surface area contributed by atoms with E-state index < -0.39 is 0 Å². The van der Waals surface area contributed by atoms with Gasteiger partial charge < -0.3 is 10.6 Å². The van der Waals surface area contributed by atoms with Gasteiger partial charge in [-0.1, -0.05) is 43.3 Å². The molecule has 1 amide bonds. The van der Waals surface area contributed by atoms with Crippen molar-refractivity contribution in [2.24, 2.45) is 0 Å². The van der Waals surface area contributed by atoms with Gasteiger partial charge in [-0.25, -0.2) is 9.97 Å². The van der Waals surface area contributed by atoms with Gasteiger partial charge in [-0.05, 0) is 30.2 Å². The zero-order valence-electron chi connectivity index (χ0n) is 13.4. The molecule has 0 radical (unpaired) electrons. The predicted octanol–water partition coefficient (Wildman–Crippen LogP) is 4.03. The Labute approximate surface area is 140 Å². The Bertz CT molecular complexity index is 816. The van der Waals surface area contributed by atoms with Crippen LogP contribution in [0.25, 0.3) is 0 Å². The van der Waals surface area contributed by atoms with Crippen LogP contribution in [0, 0.1) is 0 Å². The highest BCUT2D eigenvalue weighted by Gasteiger charge is 2.09. The molecular weight excluding hydrogens is 300 g/mol. The normalized spacial score (nSPS) is 10.2. The summed E-state index contributed by atoms with van der Waals surface area (Å²) in [6, 6.07) is 17.4. The van der Waals surface area contributed by atoms with Crippen molar-refractivity contribution in [3.63, 3.8) is 0 Å². The van der Waals surface area contributed by atoms with E-state index in [1.165, 1.54) is 12.4 Å². The molecule has 1 aromatic heterocycles. The molecule has 2 aromatic carbocycles. The number of carbonyl (C=O) groups excluding carboxylic acids is 1. The Morgan fingerprint density at radius 1 is 0.958 bits per heavy atom. The fraction of sp³-hybridized carbons (Fsp3) is 0.105. The summed E-state index contributed by atoms with van der Waals surface area (Å²) in [6.07, 6.45) is 3.89. The van der Waals surface area contributed by atoms with Crippen molar-refractivity contribution in [2.45, 2.75) is 13.3 Å². The first-order chi connectivity index (χ1) is 11.8. The van der Waals surface area contributed by atoms with Crippen molar-refractivity contribution in [2.75, 3.05) is 10.6 Å². The number of nitrogens with zero attached hydrogens (tertiary/aromatic N) is 2. The van der Waals surface area contributed by atoms with Crippen LogP contribution in [0.2, 0.25) is 0 Å². The van der Waals surface area contributed by atoms with Gasteiger partial charge in [-0.2, -0.15) is 0 Å². The summed E-state index contributed by atoms with van der Waals surface area (Å²) in [4.78, 5) is 20.7. The van der Waals surface area contributed by atoms with E-state index in [1.54, 1.807) is 0 Å². The predicted molar refractivity (Wildman–Crippen MR) is 95.5 cm³/mol. The molecule has 0 aliphatic carbocycles. The van der Waals surface area contributed by atoms with Crippen molar-refractivity contribution in [3.8, 4) is 0 Å². The number of rotatable bonds is 5. The topological polar surface area (TPSA) is 66.9 Å². The molecule has 5 heteroatoms. The molecule has 0 unspecified atom stereocenters. The summed E-state index contributed by atoms with van der Waals surface area (Å²) >= 11 is 0. The van der Waals surface area contributed by atoms with E-state index in [-0.39, 0.29) is 5.91 Å². The van der Waals surface area contributed by atoms with Crippen LogP contribution in [0.5, 0.6) is 0 Å². The summed E-state index contributed by atoms with van der Waals surface area (Å²) in [6.45, 7) is 2.05.